The Morgan fingerprint density at radius 3 is 1.69 bits per heavy atom. The number of allylic oxidation sites excluding steroid dienone is 2. The standard InChI is InChI=1S/C53H44N6/c1-30-25-32(3)48(33(4)26-30)52-44-17-15-38(56-44)29-39-16-18-45(57-39)53(49-34(5)27-31(2)28-35(49)6)47-22-20-43(59-47)51(42-19-21-46(52)58-42)37-13-11-36(12-14-37)50(40-9-7-23-54-40)41-10-8-24-55-41/h7-29,54,56,59H,1-6H3. The molecule has 0 atom stereocenters. The first kappa shape index (κ1) is 36.1. The van der Waals surface area contributed by atoms with Crippen LogP contribution in [0.1, 0.15) is 67.4 Å². The lowest BCUT2D eigenvalue weighted by atomic mass is 9.92. The fraction of sp³-hybridized carbons (Fsp3) is 0.113. The van der Waals surface area contributed by atoms with E-state index < -0.39 is 0 Å². The number of hydrogen-bond acceptors (Lipinski definition) is 3. The molecule has 3 N–H and O–H groups in total. The van der Waals surface area contributed by atoms with Gasteiger partial charge in [-0.25, -0.2) is 9.97 Å². The van der Waals surface area contributed by atoms with Gasteiger partial charge in [0.1, 0.15) is 0 Å². The molecule has 0 saturated heterocycles. The van der Waals surface area contributed by atoms with Crippen molar-refractivity contribution in [2.24, 2.45) is 4.99 Å². The van der Waals surface area contributed by atoms with Crippen LogP contribution in [0.25, 0.3) is 85.3 Å². The summed E-state index contributed by atoms with van der Waals surface area (Å²) in [7, 11) is 0. The molecule has 3 aromatic carbocycles. The molecule has 10 rings (SSSR count). The van der Waals surface area contributed by atoms with E-state index in [2.05, 4.69) is 177 Å². The first-order chi connectivity index (χ1) is 28.7. The van der Waals surface area contributed by atoms with Gasteiger partial charge in [-0.3, -0.25) is 4.99 Å². The normalized spacial score (nSPS) is 13.9. The minimum atomic E-state index is 0.885. The molecule has 0 unspecified atom stereocenters. The van der Waals surface area contributed by atoms with Crippen LogP contribution in [-0.2, 0) is 0 Å². The van der Waals surface area contributed by atoms with Crippen molar-refractivity contribution in [3.63, 3.8) is 0 Å². The summed E-state index contributed by atoms with van der Waals surface area (Å²) in [5, 5.41) is 0. The average Bonchev–Trinajstić information content (AvgIpc) is 4.06. The Kier molecular flexibility index (Phi) is 8.71. The predicted octanol–water partition coefficient (Wildman–Crippen LogP) is 13.2. The van der Waals surface area contributed by atoms with Crippen LogP contribution in [0.2, 0.25) is 0 Å². The van der Waals surface area contributed by atoms with Crippen molar-refractivity contribution in [2.45, 2.75) is 41.5 Å². The molecule has 7 heterocycles. The Morgan fingerprint density at radius 2 is 1.08 bits per heavy atom. The smallest absolute Gasteiger partial charge is 0.0737 e. The lowest BCUT2D eigenvalue weighted by Gasteiger charge is -2.13. The summed E-state index contributed by atoms with van der Waals surface area (Å²) in [6.45, 7) is 13.1. The van der Waals surface area contributed by atoms with E-state index in [1.54, 1.807) is 0 Å². The van der Waals surface area contributed by atoms with E-state index in [0.29, 0.717) is 0 Å². The van der Waals surface area contributed by atoms with E-state index in [1.807, 2.05) is 24.6 Å². The third kappa shape index (κ3) is 6.43. The molecule has 0 saturated carbocycles. The minimum absolute atomic E-state index is 0.885. The van der Waals surface area contributed by atoms with Gasteiger partial charge >= 0.3 is 0 Å². The summed E-state index contributed by atoms with van der Waals surface area (Å²) >= 11 is 0. The van der Waals surface area contributed by atoms with Crippen molar-refractivity contribution in [2.75, 3.05) is 0 Å². The second-order valence-corrected chi connectivity index (χ2v) is 16.0. The predicted molar refractivity (Wildman–Crippen MR) is 248 cm³/mol. The molecule has 0 amide bonds. The van der Waals surface area contributed by atoms with Crippen molar-refractivity contribution in [3.8, 4) is 33.4 Å². The number of hydrogen-bond donors (Lipinski definition) is 3. The van der Waals surface area contributed by atoms with Crippen molar-refractivity contribution < 1.29 is 0 Å². The number of aryl methyl sites for hydroxylation is 6. The summed E-state index contributed by atoms with van der Waals surface area (Å²) in [5.41, 5.74) is 25.6. The molecule has 6 nitrogen and oxygen atoms in total. The fourth-order valence-corrected chi connectivity index (χ4v) is 9.30. The zero-order valence-corrected chi connectivity index (χ0v) is 34.1. The van der Waals surface area contributed by atoms with Crippen LogP contribution in [0, 0.1) is 41.5 Å². The lowest BCUT2D eigenvalue weighted by Crippen LogP contribution is -1.94. The summed E-state index contributed by atoms with van der Waals surface area (Å²) in [6, 6.07) is 32.8. The van der Waals surface area contributed by atoms with Gasteiger partial charge < -0.3 is 15.0 Å². The number of nitrogens with zero attached hydrogens (tertiary/aromatic N) is 3. The summed E-state index contributed by atoms with van der Waals surface area (Å²) in [4.78, 5) is 26.6. The zero-order valence-electron chi connectivity index (χ0n) is 34.1. The molecule has 6 heteroatoms. The molecule has 3 aliphatic heterocycles. The van der Waals surface area contributed by atoms with Gasteiger partial charge in [-0.05, 0) is 165 Å². The molecule has 7 aromatic rings. The summed E-state index contributed by atoms with van der Waals surface area (Å²) in [6.07, 6.45) is 16.4. The molecule has 0 radical (unpaired) electrons. The van der Waals surface area contributed by atoms with Crippen LogP contribution in [-0.4, -0.2) is 31.1 Å². The number of nitrogens with one attached hydrogen (secondary N) is 3. The Labute approximate surface area is 344 Å². The molecule has 286 valence electrons. The highest BCUT2D eigenvalue weighted by Crippen LogP contribution is 2.40. The van der Waals surface area contributed by atoms with Gasteiger partial charge in [0, 0.05) is 62.4 Å². The Hall–Kier alpha value is -7.31. The second-order valence-electron chi connectivity index (χ2n) is 16.0. The largest absolute Gasteiger partial charge is 0.361 e. The quantitative estimate of drug-likeness (QED) is 0.163. The van der Waals surface area contributed by atoms with E-state index in [-0.39, 0.29) is 0 Å². The molecule has 3 aliphatic rings. The first-order valence-electron chi connectivity index (χ1n) is 20.2. The number of fused-ring (bicyclic) bond motifs is 8. The van der Waals surface area contributed by atoms with Crippen LogP contribution < -0.4 is 0 Å². The second kappa shape index (κ2) is 14.3. The fourth-order valence-electron chi connectivity index (χ4n) is 9.30. The van der Waals surface area contributed by atoms with Crippen LogP contribution in [0.4, 0.5) is 0 Å². The van der Waals surface area contributed by atoms with Gasteiger partial charge in [0.05, 0.1) is 28.5 Å². The zero-order chi connectivity index (χ0) is 40.4. The Balaban J connectivity index is 1.30. The van der Waals surface area contributed by atoms with Crippen molar-refractivity contribution in [3.05, 3.63) is 182 Å². The number of rotatable bonds is 5. The van der Waals surface area contributed by atoms with E-state index in [9.17, 15) is 0 Å². The molecule has 0 fully saturated rings. The monoisotopic (exact) mass is 764 g/mol. The number of aromatic amines is 3. The maximum atomic E-state index is 5.53. The van der Waals surface area contributed by atoms with Crippen molar-refractivity contribution in [1.82, 2.24) is 24.9 Å². The van der Waals surface area contributed by atoms with Crippen LogP contribution in [0.15, 0.2) is 120 Å². The van der Waals surface area contributed by atoms with E-state index in [4.69, 9.17) is 9.97 Å². The van der Waals surface area contributed by atoms with Crippen molar-refractivity contribution in [1.29, 1.82) is 0 Å². The lowest BCUT2D eigenvalue weighted by molar-refractivity contribution is 1.28. The summed E-state index contributed by atoms with van der Waals surface area (Å²) < 4.78 is 0. The van der Waals surface area contributed by atoms with Crippen LogP contribution >= 0.6 is 0 Å². The highest BCUT2D eigenvalue weighted by Gasteiger charge is 2.21. The van der Waals surface area contributed by atoms with Gasteiger partial charge in [-0.2, -0.15) is 0 Å². The maximum absolute atomic E-state index is 5.53. The van der Waals surface area contributed by atoms with Crippen LogP contribution in [0.5, 0.6) is 0 Å². The molecule has 8 bridgehead atoms. The molecule has 0 spiro atoms. The first-order valence-corrected chi connectivity index (χ1v) is 20.2. The van der Waals surface area contributed by atoms with Gasteiger partial charge in [-0.1, -0.05) is 59.7 Å². The maximum Gasteiger partial charge on any atom is 0.0737 e. The average molecular weight is 765 g/mol. The molecule has 4 aromatic heterocycles. The SMILES string of the molecule is Cc1cc(C)c(-c2c3nc(c(-c4ccc(C(=C5C=CC=N5)c5ccc[nH]5)cc4)c4ccc([nH]4)c(-c4c(C)cc(C)cc4C)c4nc(cc5ccc2[nH]5)C=C4)C=C3)c(C)c1. The third-order valence-electron chi connectivity index (χ3n) is 11.6. The number of aromatic nitrogens is 5. The molecule has 59 heavy (non-hydrogen) atoms. The highest BCUT2D eigenvalue weighted by molar-refractivity contribution is 5.99. The van der Waals surface area contributed by atoms with E-state index >= 15 is 0 Å². The van der Waals surface area contributed by atoms with Gasteiger partial charge in [0.2, 0.25) is 0 Å². The van der Waals surface area contributed by atoms with Gasteiger partial charge in [0.25, 0.3) is 0 Å². The summed E-state index contributed by atoms with van der Waals surface area (Å²) in [5.74, 6) is 0. The van der Waals surface area contributed by atoms with E-state index in [0.717, 1.165) is 89.6 Å². The minimum Gasteiger partial charge on any atom is -0.361 e. The molecular weight excluding hydrogens is 721 g/mol. The number of aliphatic imine (C=N–C) groups is 1. The number of H-pyrrole nitrogens is 3. The molecule has 0 aliphatic carbocycles. The molecular formula is C53H44N6. The van der Waals surface area contributed by atoms with Gasteiger partial charge in [0.15, 0.2) is 0 Å². The highest BCUT2D eigenvalue weighted by atomic mass is 14.8. The Bertz CT molecular complexity index is 3080. The van der Waals surface area contributed by atoms with Gasteiger partial charge in [-0.15, -0.1) is 0 Å². The number of benzene rings is 3. The van der Waals surface area contributed by atoms with Crippen molar-refractivity contribution >= 4 is 58.2 Å². The topological polar surface area (TPSA) is 85.5 Å². The van der Waals surface area contributed by atoms with E-state index in [1.165, 1.54) is 44.5 Å². The van der Waals surface area contributed by atoms with Crippen LogP contribution in [0.3, 0.4) is 0 Å². The Morgan fingerprint density at radius 1 is 0.508 bits per heavy atom. The third-order valence-corrected chi connectivity index (χ3v) is 11.6.